The first kappa shape index (κ1) is 21.4. The predicted octanol–water partition coefficient (Wildman–Crippen LogP) is 4.68. The van der Waals surface area contributed by atoms with E-state index in [1.54, 1.807) is 0 Å². The molecule has 0 saturated carbocycles. The molecule has 0 aliphatic rings. The van der Waals surface area contributed by atoms with Crippen LogP contribution in [0.2, 0.25) is 0 Å². The molecule has 0 radical (unpaired) electrons. The van der Waals surface area contributed by atoms with Gasteiger partial charge in [-0.3, -0.25) is 0 Å². The van der Waals surface area contributed by atoms with Gasteiger partial charge in [0.25, 0.3) is 0 Å². The lowest BCUT2D eigenvalue weighted by Crippen LogP contribution is -2.61. The average Bonchev–Trinajstić information content (AvgIpc) is 1.83. The molecule has 0 N–H and O–H groups in total. The molecule has 128 valence electrons. The van der Waals surface area contributed by atoms with E-state index in [-0.39, 0.29) is 0 Å². The highest BCUT2D eigenvalue weighted by molar-refractivity contribution is 6.54. The monoisotopic (exact) mass is 319 g/mol. The van der Waals surface area contributed by atoms with Crippen molar-refractivity contribution in [3.05, 3.63) is 0 Å². The molecule has 0 spiro atoms. The highest BCUT2D eigenvalue weighted by Crippen LogP contribution is 2.32. The highest BCUT2D eigenvalue weighted by atomic mass is 27.3. The summed E-state index contributed by atoms with van der Waals surface area (Å²) in [5.74, 6) is 0. The van der Waals surface area contributed by atoms with Crippen molar-refractivity contribution in [1.82, 2.24) is 0 Å². The molecule has 0 aromatic heterocycles. The van der Waals surface area contributed by atoms with Gasteiger partial charge in [-0.2, -0.15) is 0 Å². The summed E-state index contributed by atoms with van der Waals surface area (Å²) in [7, 11) is 0. The Morgan fingerprint density at radius 3 is 0.619 bits per heavy atom. The molecule has 0 aromatic rings. The van der Waals surface area contributed by atoms with Gasteiger partial charge in [0.2, 0.25) is 0 Å². The summed E-state index contributed by atoms with van der Waals surface area (Å²) in [4.78, 5) is 0. The van der Waals surface area contributed by atoms with E-state index < -0.39 is 36.8 Å². The van der Waals surface area contributed by atoms with Crippen LogP contribution in [0.3, 0.4) is 0 Å². The maximum Gasteiger partial charge on any atom is 0.877 e. The minimum atomic E-state index is -3.69. The van der Waals surface area contributed by atoms with Crippen molar-refractivity contribution < 1.29 is 15.2 Å². The van der Waals surface area contributed by atoms with Gasteiger partial charge in [0.05, 0.1) is 0 Å². The lowest BCUT2D eigenvalue weighted by Gasteiger charge is -2.52. The van der Waals surface area contributed by atoms with E-state index in [9.17, 15) is 0 Å². The summed E-state index contributed by atoms with van der Waals surface area (Å²) >= 11 is -3.69. The quantitative estimate of drug-likeness (QED) is 0.705. The van der Waals surface area contributed by atoms with Crippen molar-refractivity contribution >= 4 is 14.4 Å². The second-order valence-corrected chi connectivity index (χ2v) is 11.6. The zero-order chi connectivity index (χ0) is 17.3. The summed E-state index contributed by atoms with van der Waals surface area (Å²) in [6.45, 7) is 23.9. The summed E-state index contributed by atoms with van der Waals surface area (Å²) in [5.41, 5.74) is -1.64. The van der Waals surface area contributed by atoms with Crippen LogP contribution in [0.1, 0.15) is 83.1 Å². The summed E-state index contributed by atoms with van der Waals surface area (Å²) in [6, 6.07) is 0. The van der Waals surface area contributed by atoms with Gasteiger partial charge in [-0.1, -0.05) is 0 Å². The third kappa shape index (κ3) is 11.6. The third-order valence-electron chi connectivity index (χ3n) is 1.99. The number of rotatable bonds is 4. The van der Waals surface area contributed by atoms with Crippen LogP contribution in [0.15, 0.2) is 0 Å². The minimum absolute atomic E-state index is 0.410. The van der Waals surface area contributed by atoms with Gasteiger partial charge >= 0.3 is 14.4 Å². The van der Waals surface area contributed by atoms with E-state index in [2.05, 4.69) is 0 Å². The Morgan fingerprint density at radius 1 is 0.381 bits per heavy atom. The van der Waals surface area contributed by atoms with Crippen LogP contribution in [-0.4, -0.2) is 36.8 Å². The Hall–Kier alpha value is 0.372. The first-order valence-corrected chi connectivity index (χ1v) is 9.64. The SMILES string of the molecule is CC(C)(C)[O][Al-]([O]C(C)(C)C)([O]C(C)(C)C)[O]C(C)(C)C. The van der Waals surface area contributed by atoms with Crippen LogP contribution in [-0.2, 0) is 15.2 Å². The molecule has 0 heterocycles. The molecule has 0 rings (SSSR count). The highest BCUT2D eigenvalue weighted by Gasteiger charge is 2.55. The van der Waals surface area contributed by atoms with Crippen LogP contribution in [0.4, 0.5) is 0 Å². The zero-order valence-electron chi connectivity index (χ0n) is 16.2. The van der Waals surface area contributed by atoms with Crippen molar-refractivity contribution in [3.63, 3.8) is 0 Å². The lowest BCUT2D eigenvalue weighted by atomic mass is 10.2. The maximum atomic E-state index is 6.25. The predicted molar refractivity (Wildman–Crippen MR) is 89.1 cm³/mol. The standard InChI is InChI=1S/4C4H9O.Al/c4*1-4(2,3)5;/h4*1-3H3;/q4*-1;+3. The smallest absolute Gasteiger partial charge is 0.583 e. The van der Waals surface area contributed by atoms with Crippen molar-refractivity contribution in [1.29, 1.82) is 0 Å². The molecule has 4 nitrogen and oxygen atoms in total. The first-order chi connectivity index (χ1) is 8.83. The largest absolute Gasteiger partial charge is 0.877 e. The fourth-order valence-electron chi connectivity index (χ4n) is 1.88. The second-order valence-electron chi connectivity index (χ2n) is 9.50. The van der Waals surface area contributed by atoms with Crippen molar-refractivity contribution in [2.45, 2.75) is 105 Å². The Bertz CT molecular complexity index is 257. The van der Waals surface area contributed by atoms with Gasteiger partial charge in [-0.05, 0) is 83.1 Å². The van der Waals surface area contributed by atoms with E-state index >= 15 is 0 Å². The van der Waals surface area contributed by atoms with Crippen LogP contribution in [0.5, 0.6) is 0 Å². The third-order valence-corrected chi connectivity index (χ3v) is 5.97. The van der Waals surface area contributed by atoms with Crippen molar-refractivity contribution in [3.8, 4) is 0 Å². The van der Waals surface area contributed by atoms with Crippen molar-refractivity contribution in [2.75, 3.05) is 0 Å². The normalized spacial score (nSPS) is 15.4. The Kier molecular flexibility index (Phi) is 6.59. The van der Waals surface area contributed by atoms with Gasteiger partial charge in [-0.15, -0.1) is 0 Å². The first-order valence-electron chi connectivity index (χ1n) is 7.76. The van der Waals surface area contributed by atoms with Gasteiger partial charge in [0.1, 0.15) is 0 Å². The summed E-state index contributed by atoms with van der Waals surface area (Å²) < 4.78 is 25.0. The number of hydrogen-bond donors (Lipinski definition) is 0. The average molecular weight is 319 g/mol. The van der Waals surface area contributed by atoms with E-state index in [0.717, 1.165) is 0 Å². The van der Waals surface area contributed by atoms with Gasteiger partial charge in [-0.25, -0.2) is 0 Å². The van der Waals surface area contributed by atoms with Gasteiger partial charge in [0, 0.05) is 22.4 Å². The van der Waals surface area contributed by atoms with E-state index in [0.29, 0.717) is 0 Å². The fraction of sp³-hybridized carbons (Fsp3) is 1.00. The van der Waals surface area contributed by atoms with Gasteiger partial charge < -0.3 is 15.2 Å². The minimum Gasteiger partial charge on any atom is -0.583 e. The number of hydrogen-bond acceptors (Lipinski definition) is 4. The molecule has 21 heavy (non-hydrogen) atoms. The molecule has 5 heteroatoms. The molecule has 0 unspecified atom stereocenters. The molecular formula is C16H36AlO4-. The summed E-state index contributed by atoms with van der Waals surface area (Å²) in [6.07, 6.45) is 0. The maximum absolute atomic E-state index is 6.25. The van der Waals surface area contributed by atoms with E-state index in [1.165, 1.54) is 0 Å². The van der Waals surface area contributed by atoms with Crippen molar-refractivity contribution in [2.24, 2.45) is 0 Å². The molecule has 0 atom stereocenters. The molecule has 0 bridgehead atoms. The Balaban J connectivity index is 5.70. The second kappa shape index (κ2) is 6.47. The van der Waals surface area contributed by atoms with E-state index in [1.807, 2.05) is 83.1 Å². The lowest BCUT2D eigenvalue weighted by molar-refractivity contribution is -0.156. The molecule has 0 saturated heterocycles. The van der Waals surface area contributed by atoms with Gasteiger partial charge in [0.15, 0.2) is 0 Å². The molecule has 0 aliphatic carbocycles. The van der Waals surface area contributed by atoms with Crippen LogP contribution in [0.25, 0.3) is 0 Å². The molecule has 0 aromatic carbocycles. The fourth-order valence-corrected chi connectivity index (χ4v) is 5.63. The Labute approximate surface area is 135 Å². The molecule has 0 aliphatic heterocycles. The summed E-state index contributed by atoms with van der Waals surface area (Å²) in [5, 5.41) is 0. The molecule has 0 amide bonds. The zero-order valence-corrected chi connectivity index (χ0v) is 17.4. The molecule has 0 fully saturated rings. The van der Waals surface area contributed by atoms with Crippen LogP contribution >= 0.6 is 0 Å². The van der Waals surface area contributed by atoms with Crippen LogP contribution in [0, 0.1) is 0 Å². The van der Waals surface area contributed by atoms with Crippen LogP contribution < -0.4 is 0 Å². The Morgan fingerprint density at radius 2 is 0.524 bits per heavy atom. The van der Waals surface area contributed by atoms with E-state index in [4.69, 9.17) is 15.2 Å². The topological polar surface area (TPSA) is 36.9 Å². The molecular weight excluding hydrogens is 283 g/mol.